The molecule has 0 spiro atoms. The van der Waals surface area contributed by atoms with Gasteiger partial charge in [0.25, 0.3) is 0 Å². The number of aliphatic hydroxyl groups is 1. The molecular formula is C9H13BrClNO2. The molecule has 0 aliphatic carbocycles. The number of halogens is 2. The minimum atomic E-state index is -0.605. The van der Waals surface area contributed by atoms with Crippen molar-refractivity contribution in [2.75, 3.05) is 13.6 Å². The van der Waals surface area contributed by atoms with E-state index in [2.05, 4.69) is 21.2 Å². The maximum atomic E-state index is 9.62. The maximum Gasteiger partial charge on any atom is 0.130 e. The fourth-order valence-electron chi connectivity index (χ4n) is 1.10. The fourth-order valence-corrected chi connectivity index (χ4v) is 1.63. The fraction of sp³-hybridized carbons (Fsp3) is 0.333. The Balaban J connectivity index is 0.00000169. The number of rotatable bonds is 3. The monoisotopic (exact) mass is 281 g/mol. The van der Waals surface area contributed by atoms with E-state index in [0.29, 0.717) is 16.6 Å². The minimum Gasteiger partial charge on any atom is -0.507 e. The summed E-state index contributed by atoms with van der Waals surface area (Å²) in [6.45, 7) is 0.460. The van der Waals surface area contributed by atoms with Crippen LogP contribution in [0.25, 0.3) is 0 Å². The molecule has 0 bridgehead atoms. The topological polar surface area (TPSA) is 52.5 Å². The number of benzene rings is 1. The second-order valence-corrected chi connectivity index (χ2v) is 3.55. The molecule has 3 nitrogen and oxygen atoms in total. The van der Waals surface area contributed by atoms with Crippen LogP contribution in [0.3, 0.4) is 0 Å². The van der Waals surface area contributed by atoms with Gasteiger partial charge in [-0.2, -0.15) is 0 Å². The van der Waals surface area contributed by atoms with E-state index in [1.807, 2.05) is 0 Å². The average molecular weight is 283 g/mol. The highest BCUT2D eigenvalue weighted by Crippen LogP contribution is 2.30. The number of nitrogens with one attached hydrogen (secondary N) is 1. The van der Waals surface area contributed by atoms with Gasteiger partial charge in [-0.15, -0.1) is 12.4 Å². The average Bonchev–Trinajstić information content (AvgIpc) is 2.10. The Morgan fingerprint density at radius 3 is 2.71 bits per heavy atom. The molecule has 0 unspecified atom stereocenters. The molecular weight excluding hydrogens is 269 g/mol. The van der Waals surface area contributed by atoms with Gasteiger partial charge in [-0.1, -0.05) is 12.1 Å². The lowest BCUT2D eigenvalue weighted by Gasteiger charge is -2.12. The van der Waals surface area contributed by atoms with E-state index < -0.39 is 6.10 Å². The van der Waals surface area contributed by atoms with Crippen LogP contribution in [0.2, 0.25) is 0 Å². The first kappa shape index (κ1) is 13.7. The lowest BCUT2D eigenvalue weighted by atomic mass is 10.1. The molecule has 3 N–H and O–H groups in total. The summed E-state index contributed by atoms with van der Waals surface area (Å²) in [7, 11) is 1.76. The molecule has 0 amide bonds. The van der Waals surface area contributed by atoms with Gasteiger partial charge in [-0.05, 0) is 34.6 Å². The predicted octanol–water partition coefficient (Wildman–Crippen LogP) is 1.83. The summed E-state index contributed by atoms with van der Waals surface area (Å²) in [5.74, 6) is 0.146. The molecule has 0 saturated carbocycles. The molecule has 0 radical (unpaired) electrons. The van der Waals surface area contributed by atoms with E-state index in [4.69, 9.17) is 0 Å². The maximum absolute atomic E-state index is 9.62. The minimum absolute atomic E-state index is 0. The van der Waals surface area contributed by atoms with E-state index >= 15 is 0 Å². The lowest BCUT2D eigenvalue weighted by molar-refractivity contribution is 0.176. The van der Waals surface area contributed by atoms with Crippen LogP contribution in [0.15, 0.2) is 22.7 Å². The van der Waals surface area contributed by atoms with Gasteiger partial charge in [-0.3, -0.25) is 0 Å². The second kappa shape index (κ2) is 6.24. The second-order valence-electron chi connectivity index (χ2n) is 2.75. The van der Waals surface area contributed by atoms with Crippen molar-refractivity contribution in [3.05, 3.63) is 28.2 Å². The van der Waals surface area contributed by atoms with E-state index in [0.717, 1.165) is 0 Å². The highest BCUT2D eigenvalue weighted by atomic mass is 79.9. The van der Waals surface area contributed by atoms with Crippen molar-refractivity contribution in [3.8, 4) is 5.75 Å². The summed E-state index contributed by atoms with van der Waals surface area (Å²) in [5.41, 5.74) is 0.689. The highest BCUT2D eigenvalue weighted by Gasteiger charge is 2.12. The van der Waals surface area contributed by atoms with Crippen LogP contribution in [-0.4, -0.2) is 23.8 Å². The first-order chi connectivity index (χ1) is 6.16. The normalized spacial score (nSPS) is 11.9. The smallest absolute Gasteiger partial charge is 0.130 e. The van der Waals surface area contributed by atoms with Crippen molar-refractivity contribution >= 4 is 28.3 Å². The number of aliphatic hydroxyl groups excluding tert-OH is 1. The highest BCUT2D eigenvalue weighted by molar-refractivity contribution is 9.10. The van der Waals surface area contributed by atoms with Crippen LogP contribution in [0.1, 0.15) is 11.7 Å². The summed E-state index contributed by atoms with van der Waals surface area (Å²) in [6.07, 6.45) is -0.605. The number of likely N-dealkylation sites (N-methyl/N-ethyl adjacent to an activating group) is 1. The largest absolute Gasteiger partial charge is 0.507 e. The van der Waals surface area contributed by atoms with E-state index in [1.54, 1.807) is 25.2 Å². The standard InChI is InChI=1S/C9H12BrNO2.ClH/c1-11-5-8(13)6-3-2-4-7(12)9(6)10;/h2-4,8,11-13H,5H2,1H3;1H/t8-;/m0./s1. The van der Waals surface area contributed by atoms with Crippen molar-refractivity contribution in [1.82, 2.24) is 5.32 Å². The van der Waals surface area contributed by atoms with E-state index in [1.165, 1.54) is 0 Å². The first-order valence-electron chi connectivity index (χ1n) is 3.97. The predicted molar refractivity (Wildman–Crippen MR) is 61.9 cm³/mol. The van der Waals surface area contributed by atoms with Crippen molar-refractivity contribution < 1.29 is 10.2 Å². The third-order valence-electron chi connectivity index (χ3n) is 1.76. The van der Waals surface area contributed by atoms with Crippen LogP contribution >= 0.6 is 28.3 Å². The third-order valence-corrected chi connectivity index (χ3v) is 2.63. The quantitative estimate of drug-likeness (QED) is 0.793. The van der Waals surface area contributed by atoms with Crippen LogP contribution in [0, 0.1) is 0 Å². The summed E-state index contributed by atoms with van der Waals surface area (Å²) in [6, 6.07) is 5.04. The van der Waals surface area contributed by atoms with Gasteiger partial charge >= 0.3 is 0 Å². The Morgan fingerprint density at radius 2 is 2.14 bits per heavy atom. The Labute approximate surface area is 97.7 Å². The molecule has 5 heteroatoms. The zero-order valence-electron chi connectivity index (χ0n) is 7.70. The molecule has 80 valence electrons. The molecule has 14 heavy (non-hydrogen) atoms. The van der Waals surface area contributed by atoms with Crippen molar-refractivity contribution in [1.29, 1.82) is 0 Å². The number of phenols is 1. The number of hydrogen-bond acceptors (Lipinski definition) is 3. The SMILES string of the molecule is CNC[C@H](O)c1cccc(O)c1Br.Cl. The number of hydrogen-bond donors (Lipinski definition) is 3. The van der Waals surface area contributed by atoms with Gasteiger partial charge < -0.3 is 15.5 Å². The van der Waals surface area contributed by atoms with Crippen molar-refractivity contribution in [2.24, 2.45) is 0 Å². The van der Waals surface area contributed by atoms with Gasteiger partial charge in [0.2, 0.25) is 0 Å². The van der Waals surface area contributed by atoms with Crippen molar-refractivity contribution in [3.63, 3.8) is 0 Å². The molecule has 1 aromatic rings. The molecule has 0 aliphatic rings. The van der Waals surface area contributed by atoms with Crippen LogP contribution in [0.4, 0.5) is 0 Å². The van der Waals surface area contributed by atoms with Gasteiger partial charge in [0.15, 0.2) is 0 Å². The van der Waals surface area contributed by atoms with Crippen molar-refractivity contribution in [2.45, 2.75) is 6.10 Å². The van der Waals surface area contributed by atoms with E-state index in [-0.39, 0.29) is 18.2 Å². The molecule has 1 aromatic carbocycles. The lowest BCUT2D eigenvalue weighted by Crippen LogP contribution is -2.16. The van der Waals surface area contributed by atoms with Crippen LogP contribution < -0.4 is 5.32 Å². The summed E-state index contributed by atoms with van der Waals surface area (Å²) >= 11 is 3.21. The number of aromatic hydroxyl groups is 1. The summed E-state index contributed by atoms with van der Waals surface area (Å²) in [4.78, 5) is 0. The molecule has 0 heterocycles. The van der Waals surface area contributed by atoms with Crippen LogP contribution in [-0.2, 0) is 0 Å². The van der Waals surface area contributed by atoms with Gasteiger partial charge in [0, 0.05) is 6.54 Å². The Bertz CT molecular complexity index is 296. The Hall–Kier alpha value is -0.290. The summed E-state index contributed by atoms with van der Waals surface area (Å²) in [5, 5.41) is 21.8. The molecule has 0 fully saturated rings. The molecule has 0 aliphatic heterocycles. The summed E-state index contributed by atoms with van der Waals surface area (Å²) < 4.78 is 0.553. The molecule has 1 atom stereocenters. The van der Waals surface area contributed by atoms with Gasteiger partial charge in [0.05, 0.1) is 10.6 Å². The molecule has 0 aromatic heterocycles. The van der Waals surface area contributed by atoms with Gasteiger partial charge in [-0.25, -0.2) is 0 Å². The zero-order chi connectivity index (χ0) is 9.84. The van der Waals surface area contributed by atoms with Gasteiger partial charge in [0.1, 0.15) is 5.75 Å². The van der Waals surface area contributed by atoms with Crippen LogP contribution in [0.5, 0.6) is 5.75 Å². The molecule has 0 saturated heterocycles. The van der Waals surface area contributed by atoms with E-state index in [9.17, 15) is 10.2 Å². The Kier molecular flexibility index (Phi) is 6.11. The molecule has 1 rings (SSSR count). The first-order valence-corrected chi connectivity index (χ1v) is 4.76. The number of phenolic OH excluding ortho intramolecular Hbond substituents is 1. The zero-order valence-corrected chi connectivity index (χ0v) is 10.1. The third kappa shape index (κ3) is 3.13. The Morgan fingerprint density at radius 1 is 1.50 bits per heavy atom.